The highest BCUT2D eigenvalue weighted by Crippen LogP contribution is 2.27. The second-order valence-electron chi connectivity index (χ2n) is 4.16. The molecule has 0 unspecified atom stereocenters. The second kappa shape index (κ2) is 4.53. The summed E-state index contributed by atoms with van der Waals surface area (Å²) < 4.78 is 4.96. The van der Waals surface area contributed by atoms with Gasteiger partial charge >= 0.3 is 5.97 Å². The lowest BCUT2D eigenvalue weighted by molar-refractivity contribution is -0.136. The van der Waals surface area contributed by atoms with Gasteiger partial charge in [-0.25, -0.2) is 0 Å². The van der Waals surface area contributed by atoms with Crippen molar-refractivity contribution in [1.29, 1.82) is 0 Å². The van der Waals surface area contributed by atoms with E-state index in [4.69, 9.17) is 9.63 Å². The molecule has 2 aromatic heterocycles. The zero-order valence-electron chi connectivity index (χ0n) is 9.91. The molecule has 0 fully saturated rings. The summed E-state index contributed by atoms with van der Waals surface area (Å²) in [7, 11) is 0. The number of nitrogens with zero attached hydrogens (tertiary/aromatic N) is 2. The maximum Gasteiger partial charge on any atom is 0.309 e. The molecule has 0 amide bonds. The molecule has 0 aliphatic heterocycles. The fraction of sp³-hybridized carbons (Fsp3) is 0.0714. The number of hydrogen-bond acceptors (Lipinski definition) is 4. The van der Waals surface area contributed by atoms with Gasteiger partial charge in [0.1, 0.15) is 11.8 Å². The van der Waals surface area contributed by atoms with E-state index in [0.29, 0.717) is 5.69 Å². The molecule has 5 nitrogen and oxygen atoms in total. The monoisotopic (exact) mass is 254 g/mol. The van der Waals surface area contributed by atoms with Crippen molar-refractivity contribution < 1.29 is 14.4 Å². The van der Waals surface area contributed by atoms with E-state index < -0.39 is 5.97 Å². The molecule has 0 aliphatic rings. The molecule has 0 aliphatic carbocycles. The summed E-state index contributed by atoms with van der Waals surface area (Å²) in [5.74, 6) is -0.899. The first-order chi connectivity index (χ1) is 9.24. The Hall–Kier alpha value is -2.69. The minimum absolute atomic E-state index is 0.0946. The molecule has 0 spiro atoms. The van der Waals surface area contributed by atoms with Crippen molar-refractivity contribution in [2.24, 2.45) is 0 Å². The van der Waals surface area contributed by atoms with Crippen LogP contribution in [0.3, 0.4) is 0 Å². The van der Waals surface area contributed by atoms with Crippen LogP contribution < -0.4 is 0 Å². The SMILES string of the molecule is O=C(O)Cc1cc(-c2cccc3conc23)ccn1. The van der Waals surface area contributed by atoms with E-state index >= 15 is 0 Å². The number of carboxylic acid groups (broad SMARTS) is 1. The molecule has 5 heteroatoms. The third kappa shape index (κ3) is 2.18. The highest BCUT2D eigenvalue weighted by molar-refractivity contribution is 5.92. The van der Waals surface area contributed by atoms with E-state index in [9.17, 15) is 4.79 Å². The average molecular weight is 254 g/mol. The van der Waals surface area contributed by atoms with Gasteiger partial charge in [-0.05, 0) is 23.8 Å². The van der Waals surface area contributed by atoms with E-state index in [1.165, 1.54) is 0 Å². The first-order valence-electron chi connectivity index (χ1n) is 5.74. The van der Waals surface area contributed by atoms with Crippen molar-refractivity contribution in [3.63, 3.8) is 0 Å². The third-order valence-corrected chi connectivity index (χ3v) is 2.85. The van der Waals surface area contributed by atoms with Crippen molar-refractivity contribution in [2.45, 2.75) is 6.42 Å². The Bertz CT molecular complexity index is 749. The second-order valence-corrected chi connectivity index (χ2v) is 4.16. The maximum atomic E-state index is 10.7. The maximum absolute atomic E-state index is 10.7. The lowest BCUT2D eigenvalue weighted by Gasteiger charge is -2.03. The van der Waals surface area contributed by atoms with Crippen LogP contribution in [0.1, 0.15) is 5.69 Å². The van der Waals surface area contributed by atoms with Gasteiger partial charge in [0.25, 0.3) is 0 Å². The Morgan fingerprint density at radius 3 is 3.05 bits per heavy atom. The Morgan fingerprint density at radius 2 is 2.21 bits per heavy atom. The summed E-state index contributed by atoms with van der Waals surface area (Å²) in [6, 6.07) is 9.33. The van der Waals surface area contributed by atoms with Crippen LogP contribution in [0.2, 0.25) is 0 Å². The van der Waals surface area contributed by atoms with Gasteiger partial charge in [0.15, 0.2) is 0 Å². The van der Waals surface area contributed by atoms with E-state index in [1.807, 2.05) is 24.3 Å². The summed E-state index contributed by atoms with van der Waals surface area (Å²) in [5, 5.41) is 13.7. The zero-order valence-corrected chi connectivity index (χ0v) is 9.91. The molecular weight excluding hydrogens is 244 g/mol. The molecule has 0 saturated heterocycles. The Balaban J connectivity index is 2.11. The number of carbonyl (C=O) groups is 1. The minimum Gasteiger partial charge on any atom is -0.481 e. The molecule has 0 saturated carbocycles. The van der Waals surface area contributed by atoms with Crippen LogP contribution >= 0.6 is 0 Å². The number of hydrogen-bond donors (Lipinski definition) is 1. The van der Waals surface area contributed by atoms with Crippen LogP contribution in [0.25, 0.3) is 22.0 Å². The molecule has 94 valence electrons. The van der Waals surface area contributed by atoms with Crippen LogP contribution in [0.4, 0.5) is 0 Å². The number of carboxylic acids is 1. The first-order valence-corrected chi connectivity index (χ1v) is 5.74. The summed E-state index contributed by atoms with van der Waals surface area (Å²) in [6.45, 7) is 0. The van der Waals surface area contributed by atoms with Crippen molar-refractivity contribution in [3.8, 4) is 11.1 Å². The molecule has 0 atom stereocenters. The molecule has 3 rings (SSSR count). The number of pyridine rings is 1. The molecule has 2 heterocycles. The highest BCUT2D eigenvalue weighted by atomic mass is 16.5. The first kappa shape index (κ1) is 11.4. The van der Waals surface area contributed by atoms with Crippen molar-refractivity contribution in [3.05, 3.63) is 48.5 Å². The molecule has 0 bridgehead atoms. The van der Waals surface area contributed by atoms with Gasteiger partial charge in [-0.1, -0.05) is 17.3 Å². The third-order valence-electron chi connectivity index (χ3n) is 2.85. The van der Waals surface area contributed by atoms with Gasteiger partial charge in [-0.15, -0.1) is 0 Å². The van der Waals surface area contributed by atoms with E-state index in [-0.39, 0.29) is 6.42 Å². The number of rotatable bonds is 3. The standard InChI is InChI=1S/C14H10N2O3/c17-13(18)7-11-6-9(4-5-15-11)12-3-1-2-10-8-19-16-14(10)12/h1-6,8H,7H2,(H,17,18). The fourth-order valence-electron chi connectivity index (χ4n) is 2.02. The van der Waals surface area contributed by atoms with Crippen LogP contribution in [-0.2, 0) is 11.2 Å². The highest BCUT2D eigenvalue weighted by Gasteiger charge is 2.09. The number of benzene rings is 1. The van der Waals surface area contributed by atoms with E-state index in [0.717, 1.165) is 22.0 Å². The molecule has 19 heavy (non-hydrogen) atoms. The summed E-state index contributed by atoms with van der Waals surface area (Å²) in [5.41, 5.74) is 3.06. The van der Waals surface area contributed by atoms with Gasteiger partial charge in [-0.3, -0.25) is 9.78 Å². The predicted octanol–water partition coefficient (Wildman–Crippen LogP) is 2.52. The van der Waals surface area contributed by atoms with Crippen molar-refractivity contribution in [1.82, 2.24) is 10.1 Å². The summed E-state index contributed by atoms with van der Waals surface area (Å²) >= 11 is 0. The summed E-state index contributed by atoms with van der Waals surface area (Å²) in [6.07, 6.45) is 3.09. The fourth-order valence-corrected chi connectivity index (χ4v) is 2.02. The molecule has 1 aromatic carbocycles. The molecule has 1 N–H and O–H groups in total. The quantitative estimate of drug-likeness (QED) is 0.777. The Labute approximate surface area is 108 Å². The normalized spacial score (nSPS) is 10.7. The largest absolute Gasteiger partial charge is 0.481 e. The Morgan fingerprint density at radius 1 is 1.32 bits per heavy atom. The van der Waals surface area contributed by atoms with Crippen molar-refractivity contribution in [2.75, 3.05) is 0 Å². The van der Waals surface area contributed by atoms with Gasteiger partial charge < -0.3 is 9.63 Å². The van der Waals surface area contributed by atoms with Crippen molar-refractivity contribution >= 4 is 16.9 Å². The number of aliphatic carboxylic acids is 1. The molecular formula is C14H10N2O3. The lowest BCUT2D eigenvalue weighted by atomic mass is 10.0. The van der Waals surface area contributed by atoms with Crippen LogP contribution in [0, 0.1) is 0 Å². The van der Waals surface area contributed by atoms with E-state index in [2.05, 4.69) is 10.1 Å². The van der Waals surface area contributed by atoms with Gasteiger partial charge in [0, 0.05) is 17.1 Å². The Kier molecular flexibility index (Phi) is 2.72. The van der Waals surface area contributed by atoms with Crippen LogP contribution in [0.5, 0.6) is 0 Å². The van der Waals surface area contributed by atoms with Gasteiger partial charge in [0.05, 0.1) is 12.1 Å². The topological polar surface area (TPSA) is 76.2 Å². The number of fused-ring (bicyclic) bond motifs is 1. The smallest absolute Gasteiger partial charge is 0.309 e. The number of aromatic nitrogens is 2. The summed E-state index contributed by atoms with van der Waals surface area (Å²) in [4.78, 5) is 14.8. The predicted molar refractivity (Wildman–Crippen MR) is 68.6 cm³/mol. The van der Waals surface area contributed by atoms with E-state index in [1.54, 1.807) is 18.5 Å². The average Bonchev–Trinajstić information content (AvgIpc) is 2.86. The van der Waals surface area contributed by atoms with Crippen LogP contribution in [-0.4, -0.2) is 21.2 Å². The minimum atomic E-state index is -0.899. The molecule has 0 radical (unpaired) electrons. The lowest BCUT2D eigenvalue weighted by Crippen LogP contribution is -2.02. The molecule has 3 aromatic rings. The van der Waals surface area contributed by atoms with Crippen LogP contribution in [0.15, 0.2) is 47.3 Å². The zero-order chi connectivity index (χ0) is 13.2. The van der Waals surface area contributed by atoms with Gasteiger partial charge in [0.2, 0.25) is 0 Å². The van der Waals surface area contributed by atoms with Gasteiger partial charge in [-0.2, -0.15) is 0 Å².